The summed E-state index contributed by atoms with van der Waals surface area (Å²) in [6.07, 6.45) is 2.75. The maximum atomic E-state index is 13.4. The van der Waals surface area contributed by atoms with Gasteiger partial charge < -0.3 is 14.9 Å². The van der Waals surface area contributed by atoms with Crippen LogP contribution in [0, 0.1) is 5.82 Å². The fourth-order valence-corrected chi connectivity index (χ4v) is 4.24. The summed E-state index contributed by atoms with van der Waals surface area (Å²) in [5.74, 6) is -0.902. The molecule has 2 aliphatic rings. The second-order valence-corrected chi connectivity index (χ2v) is 7.90. The number of carbonyl (C=O) groups is 2. The predicted molar refractivity (Wildman–Crippen MR) is 108 cm³/mol. The highest BCUT2D eigenvalue weighted by Crippen LogP contribution is 2.24. The number of hydrogen-bond acceptors (Lipinski definition) is 4. The first-order chi connectivity index (χ1) is 14.3. The van der Waals surface area contributed by atoms with Gasteiger partial charge in [-0.05, 0) is 54.7 Å². The smallest absolute Gasteiger partial charge is 0.268 e. The van der Waals surface area contributed by atoms with Crippen LogP contribution in [0.3, 0.4) is 0 Å². The van der Waals surface area contributed by atoms with Gasteiger partial charge in [0.1, 0.15) is 11.4 Å². The van der Waals surface area contributed by atoms with E-state index in [0.717, 1.165) is 5.56 Å². The Labute approximate surface area is 173 Å². The van der Waals surface area contributed by atoms with Gasteiger partial charge in [0.05, 0.1) is 6.10 Å². The Balaban J connectivity index is 1.85. The first kappa shape index (κ1) is 20.3. The number of piperidine rings is 1. The van der Waals surface area contributed by atoms with Crippen molar-refractivity contribution in [1.29, 1.82) is 0 Å². The molecule has 1 unspecified atom stereocenters. The van der Waals surface area contributed by atoms with Crippen LogP contribution in [0.1, 0.15) is 41.3 Å². The Morgan fingerprint density at radius 3 is 2.53 bits per heavy atom. The SMILES string of the molecule is CC(=O)N1CCc2c(cn(-c3ccc(F)cc3)c(=O)c2C(=O)N2CCCC(O)C2)C1. The minimum Gasteiger partial charge on any atom is -0.391 e. The van der Waals surface area contributed by atoms with Crippen molar-refractivity contribution in [3.8, 4) is 5.69 Å². The minimum atomic E-state index is -0.602. The standard InChI is InChI=1S/C22H24FN3O4/c1-14(27)24-10-8-19-15(11-24)12-26(17-6-4-16(23)5-7-17)22(30)20(19)21(29)25-9-2-3-18(28)13-25/h4-7,12,18,28H,2-3,8-11,13H2,1H3. The maximum absolute atomic E-state index is 13.4. The van der Waals surface area contributed by atoms with Crippen LogP contribution >= 0.6 is 0 Å². The number of aliphatic hydroxyl groups excluding tert-OH is 1. The van der Waals surface area contributed by atoms with Gasteiger partial charge in [-0.25, -0.2) is 4.39 Å². The van der Waals surface area contributed by atoms with E-state index >= 15 is 0 Å². The number of fused-ring (bicyclic) bond motifs is 1. The number of halogens is 1. The number of rotatable bonds is 2. The van der Waals surface area contributed by atoms with Crippen molar-refractivity contribution < 1.29 is 19.1 Å². The zero-order valence-corrected chi connectivity index (χ0v) is 16.8. The summed E-state index contributed by atoms with van der Waals surface area (Å²) in [5, 5.41) is 9.98. The summed E-state index contributed by atoms with van der Waals surface area (Å²) < 4.78 is 14.7. The second-order valence-electron chi connectivity index (χ2n) is 7.90. The molecule has 1 atom stereocenters. The predicted octanol–water partition coefficient (Wildman–Crippen LogP) is 1.48. The van der Waals surface area contributed by atoms with E-state index in [9.17, 15) is 23.9 Å². The number of benzene rings is 1. The first-order valence-corrected chi connectivity index (χ1v) is 10.1. The molecule has 1 fully saturated rings. The number of amides is 2. The molecule has 7 nitrogen and oxygen atoms in total. The molecule has 1 aromatic carbocycles. The molecule has 1 aromatic heterocycles. The average Bonchev–Trinajstić information content (AvgIpc) is 2.73. The molecule has 0 aliphatic carbocycles. The summed E-state index contributed by atoms with van der Waals surface area (Å²) in [6, 6.07) is 5.47. The van der Waals surface area contributed by atoms with Crippen molar-refractivity contribution in [1.82, 2.24) is 14.4 Å². The quantitative estimate of drug-likeness (QED) is 0.809. The van der Waals surface area contributed by atoms with Crippen molar-refractivity contribution in [2.75, 3.05) is 19.6 Å². The lowest BCUT2D eigenvalue weighted by Crippen LogP contribution is -2.46. The topological polar surface area (TPSA) is 82.9 Å². The van der Waals surface area contributed by atoms with Crippen LogP contribution in [-0.2, 0) is 17.8 Å². The molecule has 0 bridgehead atoms. The Hall–Kier alpha value is -3.00. The van der Waals surface area contributed by atoms with Crippen LogP contribution in [0.2, 0.25) is 0 Å². The van der Waals surface area contributed by atoms with Crippen molar-refractivity contribution in [3.05, 3.63) is 63.3 Å². The van der Waals surface area contributed by atoms with E-state index in [2.05, 4.69) is 0 Å². The van der Waals surface area contributed by atoms with Crippen molar-refractivity contribution in [2.45, 2.75) is 38.8 Å². The van der Waals surface area contributed by atoms with Crippen LogP contribution in [0.4, 0.5) is 4.39 Å². The van der Waals surface area contributed by atoms with Gasteiger partial charge in [-0.15, -0.1) is 0 Å². The third kappa shape index (κ3) is 3.75. The Morgan fingerprint density at radius 2 is 1.87 bits per heavy atom. The number of pyridine rings is 1. The zero-order valence-electron chi connectivity index (χ0n) is 16.8. The molecule has 2 amide bonds. The first-order valence-electron chi connectivity index (χ1n) is 10.1. The summed E-state index contributed by atoms with van der Waals surface area (Å²) in [4.78, 5) is 41.8. The summed E-state index contributed by atoms with van der Waals surface area (Å²) in [7, 11) is 0. The van der Waals surface area contributed by atoms with Gasteiger partial charge in [-0.2, -0.15) is 0 Å². The number of aromatic nitrogens is 1. The van der Waals surface area contributed by atoms with Crippen LogP contribution < -0.4 is 5.56 Å². The number of likely N-dealkylation sites (tertiary alicyclic amines) is 1. The summed E-state index contributed by atoms with van der Waals surface area (Å²) in [5.41, 5.74) is 1.43. The third-order valence-electron chi connectivity index (χ3n) is 5.85. The van der Waals surface area contributed by atoms with E-state index in [4.69, 9.17) is 0 Å². The lowest BCUT2D eigenvalue weighted by Gasteiger charge is -2.33. The Bertz CT molecular complexity index is 1050. The number of carbonyl (C=O) groups excluding carboxylic acids is 2. The van der Waals surface area contributed by atoms with Gasteiger partial charge in [0.25, 0.3) is 11.5 Å². The molecular formula is C22H24FN3O4. The number of hydrogen-bond donors (Lipinski definition) is 1. The molecule has 4 rings (SSSR count). The van der Waals surface area contributed by atoms with Gasteiger partial charge in [0.2, 0.25) is 5.91 Å². The van der Waals surface area contributed by atoms with Crippen molar-refractivity contribution in [3.63, 3.8) is 0 Å². The third-order valence-corrected chi connectivity index (χ3v) is 5.85. The van der Waals surface area contributed by atoms with E-state index in [1.54, 1.807) is 11.1 Å². The molecule has 3 heterocycles. The molecule has 30 heavy (non-hydrogen) atoms. The van der Waals surface area contributed by atoms with Crippen LogP contribution in [0.25, 0.3) is 5.69 Å². The normalized spacial score (nSPS) is 18.8. The maximum Gasteiger partial charge on any atom is 0.268 e. The van der Waals surface area contributed by atoms with Gasteiger partial charge >= 0.3 is 0 Å². The zero-order chi connectivity index (χ0) is 21.4. The number of aliphatic hydroxyl groups is 1. The van der Waals surface area contributed by atoms with Gasteiger partial charge in [0, 0.05) is 45.0 Å². The summed E-state index contributed by atoms with van der Waals surface area (Å²) in [6.45, 7) is 2.90. The molecule has 0 spiro atoms. The van der Waals surface area contributed by atoms with Crippen molar-refractivity contribution >= 4 is 11.8 Å². The van der Waals surface area contributed by atoms with E-state index in [1.807, 2.05) is 0 Å². The van der Waals surface area contributed by atoms with Crippen LogP contribution in [-0.4, -0.2) is 57.0 Å². The van der Waals surface area contributed by atoms with Gasteiger partial charge in [0.15, 0.2) is 0 Å². The molecule has 158 valence electrons. The molecule has 0 saturated carbocycles. The van der Waals surface area contributed by atoms with E-state index < -0.39 is 23.4 Å². The average molecular weight is 413 g/mol. The van der Waals surface area contributed by atoms with E-state index in [-0.39, 0.29) is 18.0 Å². The molecule has 2 aliphatic heterocycles. The second kappa shape index (κ2) is 8.02. The highest BCUT2D eigenvalue weighted by Gasteiger charge is 2.31. The minimum absolute atomic E-state index is 0.0767. The highest BCUT2D eigenvalue weighted by molar-refractivity contribution is 5.96. The molecule has 1 saturated heterocycles. The van der Waals surface area contributed by atoms with Crippen LogP contribution in [0.5, 0.6) is 0 Å². The van der Waals surface area contributed by atoms with Gasteiger partial charge in [-0.1, -0.05) is 0 Å². The fraction of sp³-hybridized carbons (Fsp3) is 0.409. The number of nitrogens with zero attached hydrogens (tertiary/aromatic N) is 3. The Morgan fingerprint density at radius 1 is 1.13 bits per heavy atom. The lowest BCUT2D eigenvalue weighted by molar-refractivity contribution is -0.129. The lowest BCUT2D eigenvalue weighted by atomic mass is 9.95. The van der Waals surface area contributed by atoms with Gasteiger partial charge in [-0.3, -0.25) is 19.0 Å². The van der Waals surface area contributed by atoms with Crippen LogP contribution in [0.15, 0.2) is 35.3 Å². The van der Waals surface area contributed by atoms with Crippen molar-refractivity contribution in [2.24, 2.45) is 0 Å². The fourth-order valence-electron chi connectivity index (χ4n) is 4.24. The summed E-state index contributed by atoms with van der Waals surface area (Å²) >= 11 is 0. The molecular weight excluding hydrogens is 389 g/mol. The molecule has 2 aromatic rings. The largest absolute Gasteiger partial charge is 0.391 e. The number of β-amino-alcohol motifs (C(OH)–C–C–N with tert-alkyl or cyclic N) is 1. The monoisotopic (exact) mass is 413 g/mol. The molecule has 1 N–H and O–H groups in total. The van der Waals surface area contributed by atoms with E-state index in [1.165, 1.54) is 40.7 Å². The Kier molecular flexibility index (Phi) is 5.42. The van der Waals surface area contributed by atoms with E-state index in [0.29, 0.717) is 50.1 Å². The molecule has 8 heteroatoms. The molecule has 0 radical (unpaired) electrons. The highest BCUT2D eigenvalue weighted by atomic mass is 19.1.